The van der Waals surface area contributed by atoms with Gasteiger partial charge in [-0.3, -0.25) is 0 Å². The van der Waals surface area contributed by atoms with Crippen LogP contribution in [-0.4, -0.2) is 29.4 Å². The SMILES string of the molecule is CC(O)C1CCN(c2ccc(F)cc2CO)CC1. The van der Waals surface area contributed by atoms with Gasteiger partial charge in [-0.05, 0) is 43.9 Å². The van der Waals surface area contributed by atoms with Crippen molar-refractivity contribution < 1.29 is 14.6 Å². The number of benzene rings is 1. The summed E-state index contributed by atoms with van der Waals surface area (Å²) in [5, 5.41) is 18.8. The molecule has 4 heteroatoms. The van der Waals surface area contributed by atoms with Gasteiger partial charge in [-0.2, -0.15) is 0 Å². The van der Waals surface area contributed by atoms with Crippen LogP contribution in [0.5, 0.6) is 0 Å². The van der Waals surface area contributed by atoms with E-state index < -0.39 is 0 Å². The zero-order valence-electron chi connectivity index (χ0n) is 10.6. The van der Waals surface area contributed by atoms with Crippen LogP contribution >= 0.6 is 0 Å². The van der Waals surface area contributed by atoms with E-state index in [-0.39, 0.29) is 18.5 Å². The molecule has 1 aromatic carbocycles. The van der Waals surface area contributed by atoms with Gasteiger partial charge in [0.1, 0.15) is 5.82 Å². The number of halogens is 1. The van der Waals surface area contributed by atoms with Crippen molar-refractivity contribution in [1.82, 2.24) is 0 Å². The van der Waals surface area contributed by atoms with Gasteiger partial charge in [-0.1, -0.05) is 0 Å². The maximum Gasteiger partial charge on any atom is 0.123 e. The van der Waals surface area contributed by atoms with E-state index in [9.17, 15) is 14.6 Å². The Hall–Kier alpha value is -1.13. The van der Waals surface area contributed by atoms with E-state index in [1.165, 1.54) is 12.1 Å². The van der Waals surface area contributed by atoms with E-state index in [2.05, 4.69) is 4.90 Å². The minimum atomic E-state index is -0.318. The Morgan fingerprint density at radius 2 is 2.06 bits per heavy atom. The number of anilines is 1. The van der Waals surface area contributed by atoms with Crippen LogP contribution in [0.4, 0.5) is 10.1 Å². The lowest BCUT2D eigenvalue weighted by atomic mass is 9.91. The first-order valence-electron chi connectivity index (χ1n) is 6.44. The van der Waals surface area contributed by atoms with E-state index in [4.69, 9.17) is 0 Å². The van der Waals surface area contributed by atoms with Gasteiger partial charge in [0.05, 0.1) is 12.7 Å². The molecule has 0 radical (unpaired) electrons. The lowest BCUT2D eigenvalue weighted by Crippen LogP contribution is -2.37. The molecule has 1 atom stereocenters. The Kier molecular flexibility index (Phi) is 4.19. The van der Waals surface area contributed by atoms with E-state index in [0.717, 1.165) is 31.6 Å². The topological polar surface area (TPSA) is 43.7 Å². The molecule has 1 heterocycles. The van der Waals surface area contributed by atoms with Crippen molar-refractivity contribution in [2.45, 2.75) is 32.5 Å². The molecule has 0 spiro atoms. The Morgan fingerprint density at radius 3 is 2.61 bits per heavy atom. The summed E-state index contributed by atoms with van der Waals surface area (Å²) in [6.45, 7) is 3.36. The van der Waals surface area contributed by atoms with E-state index in [0.29, 0.717) is 11.5 Å². The third kappa shape index (κ3) is 2.82. The minimum Gasteiger partial charge on any atom is -0.393 e. The molecule has 3 nitrogen and oxygen atoms in total. The first kappa shape index (κ1) is 13.3. The average Bonchev–Trinajstić information content (AvgIpc) is 2.38. The summed E-state index contributed by atoms with van der Waals surface area (Å²) in [6, 6.07) is 4.54. The second-order valence-electron chi connectivity index (χ2n) is 5.00. The summed E-state index contributed by atoms with van der Waals surface area (Å²) in [5.74, 6) is 0.0286. The van der Waals surface area contributed by atoms with Crippen molar-refractivity contribution in [3.05, 3.63) is 29.6 Å². The summed E-state index contributed by atoms with van der Waals surface area (Å²) in [6.07, 6.45) is 1.59. The fraction of sp³-hybridized carbons (Fsp3) is 0.571. The molecule has 1 saturated heterocycles. The van der Waals surface area contributed by atoms with Crippen LogP contribution in [0.3, 0.4) is 0 Å². The molecule has 1 aliphatic heterocycles. The van der Waals surface area contributed by atoms with Gasteiger partial charge in [-0.15, -0.1) is 0 Å². The second-order valence-corrected chi connectivity index (χ2v) is 5.00. The third-order valence-electron chi connectivity index (χ3n) is 3.77. The molecule has 1 aromatic rings. The Balaban J connectivity index is 2.09. The third-order valence-corrected chi connectivity index (χ3v) is 3.77. The molecule has 100 valence electrons. The van der Waals surface area contributed by atoms with Gasteiger partial charge in [-0.25, -0.2) is 4.39 Å². The molecular weight excluding hydrogens is 233 g/mol. The molecule has 0 saturated carbocycles. The highest BCUT2D eigenvalue weighted by atomic mass is 19.1. The van der Waals surface area contributed by atoms with Gasteiger partial charge < -0.3 is 15.1 Å². The fourth-order valence-corrected chi connectivity index (χ4v) is 2.61. The molecular formula is C14H20FNO2. The van der Waals surface area contributed by atoms with Crippen LogP contribution in [0, 0.1) is 11.7 Å². The molecule has 2 rings (SSSR count). The van der Waals surface area contributed by atoms with Crippen LogP contribution in [0.25, 0.3) is 0 Å². The van der Waals surface area contributed by atoms with Crippen LogP contribution in [0.1, 0.15) is 25.3 Å². The summed E-state index contributed by atoms with van der Waals surface area (Å²) in [4.78, 5) is 2.16. The number of nitrogens with zero attached hydrogens (tertiary/aromatic N) is 1. The lowest BCUT2D eigenvalue weighted by Gasteiger charge is -2.35. The minimum absolute atomic E-state index is 0.149. The highest BCUT2D eigenvalue weighted by molar-refractivity contribution is 5.53. The summed E-state index contributed by atoms with van der Waals surface area (Å²) < 4.78 is 13.1. The standard InChI is InChI=1S/C14H20FNO2/c1-10(18)11-4-6-16(7-5-11)14-3-2-13(15)8-12(14)9-17/h2-3,8,10-11,17-18H,4-7,9H2,1H3. The monoisotopic (exact) mass is 253 g/mol. The van der Waals surface area contributed by atoms with E-state index in [1.54, 1.807) is 6.07 Å². The highest BCUT2D eigenvalue weighted by Crippen LogP contribution is 2.28. The quantitative estimate of drug-likeness (QED) is 0.865. The molecule has 1 fully saturated rings. The molecule has 0 aromatic heterocycles. The van der Waals surface area contributed by atoms with Gasteiger partial charge in [0.25, 0.3) is 0 Å². The number of aliphatic hydroxyl groups excluding tert-OH is 2. The van der Waals surface area contributed by atoms with Crippen molar-refractivity contribution in [1.29, 1.82) is 0 Å². The summed E-state index contributed by atoms with van der Waals surface area (Å²) in [5.41, 5.74) is 1.54. The molecule has 18 heavy (non-hydrogen) atoms. The number of hydrogen-bond donors (Lipinski definition) is 2. The molecule has 0 aliphatic carbocycles. The number of aliphatic hydroxyl groups is 2. The number of rotatable bonds is 3. The Morgan fingerprint density at radius 1 is 1.39 bits per heavy atom. The molecule has 1 aliphatic rings. The predicted molar refractivity (Wildman–Crippen MR) is 68.9 cm³/mol. The van der Waals surface area contributed by atoms with Crippen LogP contribution in [0.15, 0.2) is 18.2 Å². The highest BCUT2D eigenvalue weighted by Gasteiger charge is 2.23. The van der Waals surface area contributed by atoms with Crippen LogP contribution < -0.4 is 4.90 Å². The van der Waals surface area contributed by atoms with Crippen molar-refractivity contribution in [2.75, 3.05) is 18.0 Å². The maximum absolute atomic E-state index is 13.1. The maximum atomic E-state index is 13.1. The first-order chi connectivity index (χ1) is 8.61. The number of piperidine rings is 1. The molecule has 0 amide bonds. The van der Waals surface area contributed by atoms with E-state index in [1.807, 2.05) is 6.92 Å². The van der Waals surface area contributed by atoms with Crippen molar-refractivity contribution in [2.24, 2.45) is 5.92 Å². The normalized spacial score (nSPS) is 19.0. The zero-order chi connectivity index (χ0) is 13.1. The lowest BCUT2D eigenvalue weighted by molar-refractivity contribution is 0.110. The number of hydrogen-bond acceptors (Lipinski definition) is 3. The van der Waals surface area contributed by atoms with Crippen LogP contribution in [0.2, 0.25) is 0 Å². The largest absolute Gasteiger partial charge is 0.393 e. The average molecular weight is 253 g/mol. The van der Waals surface area contributed by atoms with Crippen molar-refractivity contribution >= 4 is 5.69 Å². The van der Waals surface area contributed by atoms with Gasteiger partial charge in [0, 0.05) is 24.3 Å². The zero-order valence-corrected chi connectivity index (χ0v) is 10.6. The van der Waals surface area contributed by atoms with Crippen molar-refractivity contribution in [3.8, 4) is 0 Å². The van der Waals surface area contributed by atoms with Crippen molar-refractivity contribution in [3.63, 3.8) is 0 Å². The molecule has 0 bridgehead atoms. The van der Waals surface area contributed by atoms with Crippen LogP contribution in [-0.2, 0) is 6.61 Å². The predicted octanol–water partition coefficient (Wildman–Crippen LogP) is 1.92. The molecule has 2 N–H and O–H groups in total. The van der Waals surface area contributed by atoms with E-state index >= 15 is 0 Å². The van der Waals surface area contributed by atoms with Gasteiger partial charge in [0.15, 0.2) is 0 Å². The Labute approximate surface area is 107 Å². The first-order valence-corrected chi connectivity index (χ1v) is 6.44. The summed E-state index contributed by atoms with van der Waals surface area (Å²) in [7, 11) is 0. The van der Waals surface area contributed by atoms with Gasteiger partial charge in [0.2, 0.25) is 0 Å². The second kappa shape index (κ2) is 5.67. The summed E-state index contributed by atoms with van der Waals surface area (Å²) >= 11 is 0. The fourth-order valence-electron chi connectivity index (χ4n) is 2.61. The smallest absolute Gasteiger partial charge is 0.123 e. The Bertz CT molecular complexity index is 401. The van der Waals surface area contributed by atoms with Gasteiger partial charge >= 0.3 is 0 Å². The molecule has 1 unspecified atom stereocenters.